The molecule has 0 radical (unpaired) electrons. The van der Waals surface area contributed by atoms with Crippen LogP contribution in [0.2, 0.25) is 0 Å². The molecule has 0 unspecified atom stereocenters. The van der Waals surface area contributed by atoms with Gasteiger partial charge in [0.15, 0.2) is 5.03 Å². The van der Waals surface area contributed by atoms with Gasteiger partial charge >= 0.3 is 0 Å². The van der Waals surface area contributed by atoms with E-state index >= 15 is 0 Å². The summed E-state index contributed by atoms with van der Waals surface area (Å²) in [4.78, 5) is 3.84. The first-order valence-corrected chi connectivity index (χ1v) is 7.43. The van der Waals surface area contributed by atoms with Crippen molar-refractivity contribution in [3.05, 3.63) is 12.5 Å². The van der Waals surface area contributed by atoms with Crippen LogP contribution in [-0.2, 0) is 17.1 Å². The molecule has 0 amide bonds. The zero-order valence-electron chi connectivity index (χ0n) is 11.2. The van der Waals surface area contributed by atoms with Gasteiger partial charge in [0.1, 0.15) is 0 Å². The molecule has 1 aromatic rings. The number of hydrogen-bond acceptors (Lipinski definition) is 4. The molecule has 7 heteroatoms. The highest BCUT2D eigenvalue weighted by atomic mass is 32.2. The largest absolute Gasteiger partial charge is 0.339 e. The lowest BCUT2D eigenvalue weighted by Crippen LogP contribution is -2.34. The van der Waals surface area contributed by atoms with Gasteiger partial charge in [-0.3, -0.25) is 0 Å². The molecule has 0 atom stereocenters. The van der Waals surface area contributed by atoms with E-state index in [1.54, 1.807) is 11.6 Å². The van der Waals surface area contributed by atoms with E-state index in [2.05, 4.69) is 9.71 Å². The Morgan fingerprint density at radius 3 is 2.67 bits per heavy atom. The molecule has 1 rings (SSSR count). The first kappa shape index (κ1) is 15.1. The smallest absolute Gasteiger partial charge is 0.259 e. The van der Waals surface area contributed by atoms with E-state index in [4.69, 9.17) is 5.73 Å². The Hall–Kier alpha value is -0.920. The van der Waals surface area contributed by atoms with Gasteiger partial charge < -0.3 is 10.3 Å². The van der Waals surface area contributed by atoms with E-state index in [9.17, 15) is 8.42 Å². The zero-order valence-corrected chi connectivity index (χ0v) is 12.0. The fourth-order valence-electron chi connectivity index (χ4n) is 1.56. The van der Waals surface area contributed by atoms with Gasteiger partial charge in [0.2, 0.25) is 0 Å². The molecule has 0 aromatic carbocycles. The number of nitrogens with zero attached hydrogens (tertiary/aromatic N) is 2. The monoisotopic (exact) mass is 274 g/mol. The van der Waals surface area contributed by atoms with Crippen LogP contribution in [0.5, 0.6) is 0 Å². The van der Waals surface area contributed by atoms with Crippen molar-refractivity contribution in [2.75, 3.05) is 13.1 Å². The summed E-state index contributed by atoms with van der Waals surface area (Å²) in [6.45, 7) is 5.04. The van der Waals surface area contributed by atoms with Crippen LogP contribution in [-0.4, -0.2) is 31.1 Å². The summed E-state index contributed by atoms with van der Waals surface area (Å²) in [5.41, 5.74) is 5.35. The van der Waals surface area contributed by atoms with Crippen LogP contribution in [0.3, 0.4) is 0 Å². The Labute approximate surface area is 109 Å². The summed E-state index contributed by atoms with van der Waals surface area (Å²) in [5, 5.41) is 0.0552. The van der Waals surface area contributed by atoms with Crippen molar-refractivity contribution in [1.29, 1.82) is 0 Å². The van der Waals surface area contributed by atoms with E-state index in [1.165, 1.54) is 12.5 Å². The second kappa shape index (κ2) is 5.81. The Balaban J connectivity index is 2.62. The highest BCUT2D eigenvalue weighted by Crippen LogP contribution is 2.21. The molecule has 0 fully saturated rings. The molecule has 0 aliphatic carbocycles. The Bertz CT molecular complexity index is 479. The Morgan fingerprint density at radius 1 is 1.50 bits per heavy atom. The maximum absolute atomic E-state index is 12.0. The minimum Gasteiger partial charge on any atom is -0.339 e. The van der Waals surface area contributed by atoms with Crippen LogP contribution in [0.1, 0.15) is 26.7 Å². The lowest BCUT2D eigenvalue weighted by molar-refractivity contribution is 0.327. The molecule has 1 heterocycles. The molecular weight excluding hydrogens is 252 g/mol. The topological polar surface area (TPSA) is 90.0 Å². The Kier molecular flexibility index (Phi) is 4.89. The fourth-order valence-corrected chi connectivity index (χ4v) is 2.78. The van der Waals surface area contributed by atoms with Crippen molar-refractivity contribution in [2.45, 2.75) is 31.7 Å². The van der Waals surface area contributed by atoms with Gasteiger partial charge in [0.05, 0.1) is 6.33 Å². The van der Waals surface area contributed by atoms with Crippen LogP contribution < -0.4 is 10.5 Å². The fraction of sp³-hybridized carbons (Fsp3) is 0.727. The number of nitrogens with two attached hydrogens (primary N) is 1. The molecule has 1 aromatic heterocycles. The molecule has 0 bridgehead atoms. The van der Waals surface area contributed by atoms with Crippen LogP contribution in [0.4, 0.5) is 0 Å². The third-order valence-corrected chi connectivity index (χ3v) is 4.04. The van der Waals surface area contributed by atoms with E-state index < -0.39 is 10.0 Å². The molecule has 104 valence electrons. The molecule has 6 nitrogen and oxygen atoms in total. The average Bonchev–Trinajstić information content (AvgIpc) is 2.72. The van der Waals surface area contributed by atoms with Gasteiger partial charge in [-0.1, -0.05) is 13.8 Å². The van der Waals surface area contributed by atoms with Crippen LogP contribution in [0, 0.1) is 5.41 Å². The summed E-state index contributed by atoms with van der Waals surface area (Å²) >= 11 is 0. The van der Waals surface area contributed by atoms with E-state index in [0.29, 0.717) is 13.1 Å². The summed E-state index contributed by atoms with van der Waals surface area (Å²) < 4.78 is 28.1. The SMILES string of the molecule is Cn1cnc(S(=O)(=O)NCC(C)(C)CCCN)c1. The summed E-state index contributed by atoms with van der Waals surface area (Å²) in [6.07, 6.45) is 4.72. The van der Waals surface area contributed by atoms with E-state index in [-0.39, 0.29) is 10.4 Å². The zero-order chi connectivity index (χ0) is 13.8. The third kappa shape index (κ3) is 4.40. The van der Waals surface area contributed by atoms with Crippen molar-refractivity contribution in [2.24, 2.45) is 18.2 Å². The number of nitrogens with one attached hydrogen (secondary N) is 1. The number of aromatic nitrogens is 2. The third-order valence-electron chi connectivity index (χ3n) is 2.75. The summed E-state index contributed by atoms with van der Waals surface area (Å²) in [5.74, 6) is 0. The van der Waals surface area contributed by atoms with Crippen LogP contribution in [0.15, 0.2) is 17.6 Å². The maximum atomic E-state index is 12.0. The number of sulfonamides is 1. The molecule has 0 saturated heterocycles. The van der Waals surface area contributed by atoms with Gasteiger partial charge in [-0.25, -0.2) is 18.1 Å². The van der Waals surface area contributed by atoms with Gasteiger partial charge in [-0.05, 0) is 24.8 Å². The second-order valence-corrected chi connectivity index (χ2v) is 6.97. The van der Waals surface area contributed by atoms with Gasteiger partial charge in [-0.2, -0.15) is 0 Å². The highest BCUT2D eigenvalue weighted by Gasteiger charge is 2.23. The molecule has 3 N–H and O–H groups in total. The maximum Gasteiger partial charge on any atom is 0.259 e. The molecular formula is C11H22N4O2S. The molecule has 0 aliphatic heterocycles. The standard InChI is InChI=1S/C11H22N4O2S/c1-11(2,5-4-6-12)8-14-18(16,17)10-7-15(3)9-13-10/h7,9,14H,4-6,8,12H2,1-3H3. The van der Waals surface area contributed by atoms with Crippen molar-refractivity contribution in [1.82, 2.24) is 14.3 Å². The lowest BCUT2D eigenvalue weighted by Gasteiger charge is -2.24. The first-order chi connectivity index (χ1) is 8.27. The highest BCUT2D eigenvalue weighted by molar-refractivity contribution is 7.89. The van der Waals surface area contributed by atoms with Crippen molar-refractivity contribution < 1.29 is 8.42 Å². The molecule has 0 aliphatic rings. The van der Waals surface area contributed by atoms with E-state index in [0.717, 1.165) is 12.8 Å². The average molecular weight is 274 g/mol. The molecule has 0 spiro atoms. The van der Waals surface area contributed by atoms with Crippen molar-refractivity contribution >= 4 is 10.0 Å². The molecule has 0 saturated carbocycles. The van der Waals surface area contributed by atoms with E-state index in [1.807, 2.05) is 13.8 Å². The summed E-state index contributed by atoms with van der Waals surface area (Å²) in [6, 6.07) is 0. The number of aryl methyl sites for hydroxylation is 1. The summed E-state index contributed by atoms with van der Waals surface area (Å²) in [7, 11) is -1.78. The van der Waals surface area contributed by atoms with Crippen molar-refractivity contribution in [3.8, 4) is 0 Å². The van der Waals surface area contributed by atoms with Gasteiger partial charge in [0, 0.05) is 19.8 Å². The Morgan fingerprint density at radius 2 is 2.17 bits per heavy atom. The lowest BCUT2D eigenvalue weighted by atomic mass is 9.88. The van der Waals surface area contributed by atoms with Crippen molar-refractivity contribution in [3.63, 3.8) is 0 Å². The molecule has 18 heavy (non-hydrogen) atoms. The first-order valence-electron chi connectivity index (χ1n) is 5.94. The quantitative estimate of drug-likeness (QED) is 0.756. The number of hydrogen-bond donors (Lipinski definition) is 2. The minimum absolute atomic E-state index is 0.0552. The number of imidazole rings is 1. The van der Waals surface area contributed by atoms with Gasteiger partial charge in [-0.15, -0.1) is 0 Å². The minimum atomic E-state index is -3.51. The predicted molar refractivity (Wildman–Crippen MR) is 70.5 cm³/mol. The number of rotatable bonds is 7. The normalized spacial score (nSPS) is 12.9. The van der Waals surface area contributed by atoms with Crippen LogP contribution in [0.25, 0.3) is 0 Å². The van der Waals surface area contributed by atoms with Crippen LogP contribution >= 0.6 is 0 Å². The van der Waals surface area contributed by atoms with Gasteiger partial charge in [0.25, 0.3) is 10.0 Å². The predicted octanol–water partition coefficient (Wildman–Crippen LogP) is 0.464. The second-order valence-electron chi connectivity index (χ2n) is 5.26.